The molecule has 2 N–H and O–H groups in total. The fraction of sp³-hybridized carbons (Fsp3) is 0.133. The third-order valence-electron chi connectivity index (χ3n) is 2.81. The van der Waals surface area contributed by atoms with Gasteiger partial charge in [0.2, 0.25) is 0 Å². The Morgan fingerprint density at radius 2 is 1.47 bits per heavy atom. The summed E-state index contributed by atoms with van der Waals surface area (Å²) in [5.74, 6) is -0.0162. The zero-order valence-electron chi connectivity index (χ0n) is 9.76. The van der Waals surface area contributed by atoms with Gasteiger partial charge in [-0.2, -0.15) is 0 Å². The average molecular weight is 225 g/mol. The van der Waals surface area contributed by atoms with Gasteiger partial charge in [-0.1, -0.05) is 54.6 Å². The first-order valence-electron chi connectivity index (χ1n) is 5.60. The lowest BCUT2D eigenvalue weighted by Crippen LogP contribution is -2.18. The molecule has 0 aliphatic heterocycles. The molecule has 2 heteroatoms. The lowest BCUT2D eigenvalue weighted by atomic mass is 10.00. The third-order valence-corrected chi connectivity index (χ3v) is 2.81. The van der Waals surface area contributed by atoms with Gasteiger partial charge in [-0.3, -0.25) is 4.79 Å². The number of rotatable bonds is 3. The molecule has 0 bridgehead atoms. The van der Waals surface area contributed by atoms with Crippen molar-refractivity contribution >= 4 is 5.78 Å². The number of hydrogen-bond donors (Lipinski definition) is 1. The Morgan fingerprint density at radius 3 is 2.00 bits per heavy atom. The van der Waals surface area contributed by atoms with Gasteiger partial charge in [0, 0.05) is 0 Å². The van der Waals surface area contributed by atoms with E-state index < -0.39 is 6.04 Å². The van der Waals surface area contributed by atoms with Crippen molar-refractivity contribution in [3.05, 3.63) is 60.2 Å². The summed E-state index contributed by atoms with van der Waals surface area (Å²) in [5.41, 5.74) is 8.93. The Hall–Kier alpha value is -1.93. The van der Waals surface area contributed by atoms with E-state index in [0.29, 0.717) is 0 Å². The molecule has 0 aromatic heterocycles. The fourth-order valence-electron chi connectivity index (χ4n) is 1.75. The maximum absolute atomic E-state index is 11.2. The lowest BCUT2D eigenvalue weighted by Gasteiger charge is -2.09. The van der Waals surface area contributed by atoms with Gasteiger partial charge in [0.25, 0.3) is 0 Å². The zero-order valence-corrected chi connectivity index (χ0v) is 9.76. The molecular formula is C15H15NO. The van der Waals surface area contributed by atoms with Crippen molar-refractivity contribution in [3.8, 4) is 11.1 Å². The summed E-state index contributed by atoms with van der Waals surface area (Å²) in [7, 11) is 0. The highest BCUT2D eigenvalue weighted by Crippen LogP contribution is 2.21. The Labute approximate surface area is 101 Å². The van der Waals surface area contributed by atoms with Crippen LogP contribution in [0, 0.1) is 0 Å². The summed E-state index contributed by atoms with van der Waals surface area (Å²) < 4.78 is 0. The van der Waals surface area contributed by atoms with Crippen LogP contribution in [-0.2, 0) is 4.79 Å². The van der Waals surface area contributed by atoms with Gasteiger partial charge in [-0.15, -0.1) is 0 Å². The van der Waals surface area contributed by atoms with E-state index >= 15 is 0 Å². The van der Waals surface area contributed by atoms with Gasteiger partial charge in [0.05, 0.1) is 6.04 Å². The van der Waals surface area contributed by atoms with E-state index in [1.54, 1.807) is 0 Å². The van der Waals surface area contributed by atoms with E-state index in [9.17, 15) is 4.79 Å². The Morgan fingerprint density at radius 1 is 0.941 bits per heavy atom. The number of ketones is 1. The second-order valence-corrected chi connectivity index (χ2v) is 4.08. The summed E-state index contributed by atoms with van der Waals surface area (Å²) in [5, 5.41) is 0. The molecule has 0 aliphatic carbocycles. The molecule has 0 saturated heterocycles. The third kappa shape index (κ3) is 2.60. The van der Waals surface area contributed by atoms with Crippen molar-refractivity contribution in [2.45, 2.75) is 13.0 Å². The molecule has 1 unspecified atom stereocenters. The van der Waals surface area contributed by atoms with E-state index in [-0.39, 0.29) is 5.78 Å². The van der Waals surface area contributed by atoms with E-state index in [1.807, 2.05) is 42.5 Å². The van der Waals surface area contributed by atoms with Gasteiger partial charge in [0.1, 0.15) is 0 Å². The van der Waals surface area contributed by atoms with Crippen LogP contribution in [0.1, 0.15) is 18.5 Å². The van der Waals surface area contributed by atoms with Gasteiger partial charge < -0.3 is 5.73 Å². The van der Waals surface area contributed by atoms with Crippen molar-refractivity contribution in [2.75, 3.05) is 0 Å². The minimum Gasteiger partial charge on any atom is -0.318 e. The van der Waals surface area contributed by atoms with Crippen molar-refractivity contribution < 1.29 is 4.79 Å². The highest BCUT2D eigenvalue weighted by molar-refractivity contribution is 5.82. The molecular weight excluding hydrogens is 210 g/mol. The molecule has 0 fully saturated rings. The fourth-order valence-corrected chi connectivity index (χ4v) is 1.75. The topological polar surface area (TPSA) is 43.1 Å². The van der Waals surface area contributed by atoms with E-state index in [2.05, 4.69) is 12.1 Å². The summed E-state index contributed by atoms with van der Waals surface area (Å²) >= 11 is 0. The van der Waals surface area contributed by atoms with Crippen LogP contribution in [0.2, 0.25) is 0 Å². The minimum absolute atomic E-state index is 0.0162. The van der Waals surface area contributed by atoms with Crippen molar-refractivity contribution in [1.82, 2.24) is 0 Å². The van der Waals surface area contributed by atoms with Crippen molar-refractivity contribution in [1.29, 1.82) is 0 Å². The molecule has 2 nitrogen and oxygen atoms in total. The highest BCUT2D eigenvalue weighted by Gasteiger charge is 2.10. The molecule has 0 aliphatic rings. The van der Waals surface area contributed by atoms with Crippen LogP contribution in [-0.4, -0.2) is 5.78 Å². The highest BCUT2D eigenvalue weighted by atomic mass is 16.1. The summed E-state index contributed by atoms with van der Waals surface area (Å²) in [6.45, 7) is 1.51. The van der Waals surface area contributed by atoms with Crippen LogP contribution in [0.15, 0.2) is 54.6 Å². The molecule has 0 spiro atoms. The normalized spacial score (nSPS) is 12.1. The van der Waals surface area contributed by atoms with Crippen LogP contribution in [0.3, 0.4) is 0 Å². The largest absolute Gasteiger partial charge is 0.318 e. The number of Topliss-reactive ketones (excluding diaryl/α,β-unsaturated/α-hetero) is 1. The monoisotopic (exact) mass is 225 g/mol. The maximum atomic E-state index is 11.2. The zero-order chi connectivity index (χ0) is 12.3. The van der Waals surface area contributed by atoms with Crippen molar-refractivity contribution in [2.24, 2.45) is 5.73 Å². The standard InChI is InChI=1S/C15H15NO/c1-11(17)15(16)14-9-7-13(8-10-14)12-5-3-2-4-6-12/h2-10,15H,16H2,1H3. The molecule has 2 rings (SSSR count). The molecule has 0 saturated carbocycles. The molecule has 86 valence electrons. The Bertz CT molecular complexity index is 502. The Balaban J connectivity index is 2.28. The lowest BCUT2D eigenvalue weighted by molar-refractivity contribution is -0.118. The summed E-state index contributed by atoms with van der Waals surface area (Å²) in [4.78, 5) is 11.2. The first kappa shape index (κ1) is 11.6. The van der Waals surface area contributed by atoms with Crippen molar-refractivity contribution in [3.63, 3.8) is 0 Å². The quantitative estimate of drug-likeness (QED) is 0.872. The first-order valence-corrected chi connectivity index (χ1v) is 5.60. The second-order valence-electron chi connectivity index (χ2n) is 4.08. The van der Waals surface area contributed by atoms with Gasteiger partial charge in [0.15, 0.2) is 5.78 Å². The average Bonchev–Trinajstić information content (AvgIpc) is 2.39. The van der Waals surface area contributed by atoms with Crippen LogP contribution >= 0.6 is 0 Å². The Kier molecular flexibility index (Phi) is 3.35. The minimum atomic E-state index is -0.514. The molecule has 0 radical (unpaired) electrons. The number of carbonyl (C=O) groups is 1. The van der Waals surface area contributed by atoms with Crippen LogP contribution in [0.25, 0.3) is 11.1 Å². The van der Waals surface area contributed by atoms with E-state index in [1.165, 1.54) is 6.92 Å². The molecule has 1 atom stereocenters. The number of hydrogen-bond acceptors (Lipinski definition) is 2. The smallest absolute Gasteiger partial charge is 0.150 e. The first-order chi connectivity index (χ1) is 8.18. The molecule has 0 heterocycles. The predicted molar refractivity (Wildman–Crippen MR) is 69.5 cm³/mol. The van der Waals surface area contributed by atoms with Crippen LogP contribution < -0.4 is 5.73 Å². The summed E-state index contributed by atoms with van der Waals surface area (Å²) in [6, 6.07) is 17.4. The number of carbonyl (C=O) groups excluding carboxylic acids is 1. The predicted octanol–water partition coefficient (Wildman–Crippen LogP) is 2.94. The number of nitrogens with two attached hydrogens (primary N) is 1. The van der Waals surface area contributed by atoms with Crippen LogP contribution in [0.5, 0.6) is 0 Å². The molecule has 0 amide bonds. The molecule has 2 aromatic carbocycles. The summed E-state index contributed by atoms with van der Waals surface area (Å²) in [6.07, 6.45) is 0. The molecule has 17 heavy (non-hydrogen) atoms. The molecule has 2 aromatic rings. The maximum Gasteiger partial charge on any atom is 0.150 e. The second kappa shape index (κ2) is 4.93. The SMILES string of the molecule is CC(=O)C(N)c1ccc(-c2ccccc2)cc1. The van der Waals surface area contributed by atoms with Gasteiger partial charge in [-0.25, -0.2) is 0 Å². The van der Waals surface area contributed by atoms with Crippen LogP contribution in [0.4, 0.5) is 0 Å². The van der Waals surface area contributed by atoms with E-state index in [4.69, 9.17) is 5.73 Å². The van der Waals surface area contributed by atoms with E-state index in [0.717, 1.165) is 16.7 Å². The van der Waals surface area contributed by atoms with Gasteiger partial charge >= 0.3 is 0 Å². The van der Waals surface area contributed by atoms with Gasteiger partial charge in [-0.05, 0) is 23.6 Å². The number of benzene rings is 2.